The molecule has 1 unspecified atom stereocenters. The van der Waals surface area contributed by atoms with Gasteiger partial charge in [0.25, 0.3) is 5.91 Å². The van der Waals surface area contributed by atoms with Gasteiger partial charge in [-0.15, -0.1) is 0 Å². The Bertz CT molecular complexity index is 1750. The lowest BCUT2D eigenvalue weighted by Gasteiger charge is -2.32. The average Bonchev–Trinajstić information content (AvgIpc) is 4.00. The number of hydrogen-bond donors (Lipinski definition) is 5. The van der Waals surface area contributed by atoms with E-state index in [2.05, 4.69) is 15.4 Å². The van der Waals surface area contributed by atoms with Crippen molar-refractivity contribution in [2.24, 2.45) is 11.3 Å². The quantitative estimate of drug-likeness (QED) is 0.235. The van der Waals surface area contributed by atoms with Crippen molar-refractivity contribution in [1.29, 1.82) is 0 Å². The summed E-state index contributed by atoms with van der Waals surface area (Å²) in [4.78, 5) is 71.2. The predicted molar refractivity (Wildman–Crippen MR) is 182 cm³/mol. The van der Waals surface area contributed by atoms with E-state index in [0.717, 1.165) is 0 Å². The molecule has 3 aliphatic heterocycles. The van der Waals surface area contributed by atoms with E-state index in [9.17, 15) is 47.0 Å². The lowest BCUT2D eigenvalue weighted by Crippen LogP contribution is -2.59. The summed E-state index contributed by atoms with van der Waals surface area (Å²) in [5.41, 5.74) is -2.20. The number of ether oxygens (including phenoxy) is 1. The van der Waals surface area contributed by atoms with Gasteiger partial charge in [0, 0.05) is 24.4 Å². The highest BCUT2D eigenvalue weighted by Crippen LogP contribution is 2.46. The molecule has 3 fully saturated rings. The molecule has 15 nitrogen and oxygen atoms in total. The minimum absolute atomic E-state index is 0.0288. The first-order valence-corrected chi connectivity index (χ1v) is 19.4. The van der Waals surface area contributed by atoms with Crippen LogP contribution >= 0.6 is 0 Å². The molecule has 1 aromatic rings. The van der Waals surface area contributed by atoms with Gasteiger partial charge in [-0.25, -0.2) is 17.6 Å². The van der Waals surface area contributed by atoms with E-state index in [1.54, 1.807) is 18.2 Å². The molecule has 5 N–H and O–H groups in total. The second kappa shape index (κ2) is 14.7. The molecule has 284 valence electrons. The van der Waals surface area contributed by atoms with Crippen LogP contribution in [0.4, 0.5) is 9.18 Å². The normalized spacial score (nSPS) is 28.7. The number of hydrogen-bond acceptors (Lipinski definition) is 10. The van der Waals surface area contributed by atoms with Crippen LogP contribution < -0.4 is 15.4 Å². The summed E-state index contributed by atoms with van der Waals surface area (Å²) in [6.07, 6.45) is 5.34. The maximum atomic E-state index is 14.4. The number of nitrogens with one attached hydrogen (secondary N) is 3. The van der Waals surface area contributed by atoms with Gasteiger partial charge in [-0.2, -0.15) is 0 Å². The fourth-order valence-electron chi connectivity index (χ4n) is 7.10. The number of sulfonamides is 1. The third kappa shape index (κ3) is 7.67. The number of fused-ring (bicyclic) bond motifs is 3. The fraction of sp³-hybridized carbons (Fsp3) is 0.629. The van der Waals surface area contributed by atoms with Crippen molar-refractivity contribution in [2.45, 2.75) is 107 Å². The van der Waals surface area contributed by atoms with Crippen molar-refractivity contribution in [3.63, 3.8) is 0 Å². The Labute approximate surface area is 301 Å². The smallest absolute Gasteiger partial charge is 0.410 e. The van der Waals surface area contributed by atoms with Gasteiger partial charge in [0.05, 0.1) is 37.0 Å². The molecular formula is C35H46FN5O10S. The molecule has 17 heteroatoms. The van der Waals surface area contributed by atoms with E-state index in [-0.39, 0.29) is 38.9 Å². The highest BCUT2D eigenvalue weighted by atomic mass is 32.2. The van der Waals surface area contributed by atoms with Crippen molar-refractivity contribution in [3.8, 4) is 0 Å². The van der Waals surface area contributed by atoms with Gasteiger partial charge in [-0.3, -0.25) is 28.8 Å². The second-order valence-electron chi connectivity index (χ2n) is 14.9. The number of aliphatic hydroxyl groups is 2. The average molecular weight is 748 g/mol. The second-order valence-corrected chi connectivity index (χ2v) is 16.9. The van der Waals surface area contributed by atoms with E-state index in [4.69, 9.17) is 4.74 Å². The number of rotatable bonds is 8. The Morgan fingerprint density at radius 1 is 1.10 bits per heavy atom. The van der Waals surface area contributed by atoms with E-state index >= 15 is 0 Å². The number of aliphatic hydroxyl groups excluding tert-OH is 2. The van der Waals surface area contributed by atoms with Crippen LogP contribution in [0.1, 0.15) is 75.8 Å². The summed E-state index contributed by atoms with van der Waals surface area (Å²) in [5, 5.41) is 24.4. The summed E-state index contributed by atoms with van der Waals surface area (Å²) >= 11 is 0. The monoisotopic (exact) mass is 747 g/mol. The molecular weight excluding hydrogens is 701 g/mol. The van der Waals surface area contributed by atoms with Crippen LogP contribution in [-0.2, 0) is 47.0 Å². The van der Waals surface area contributed by atoms with Crippen LogP contribution in [-0.4, -0.2) is 107 Å². The molecule has 5 atom stereocenters. The largest absolute Gasteiger partial charge is 0.444 e. The predicted octanol–water partition coefficient (Wildman–Crippen LogP) is 0.727. The molecule has 3 heterocycles. The Morgan fingerprint density at radius 2 is 1.85 bits per heavy atom. The number of carbonyl (C=O) groups excluding carboxylic acids is 5. The van der Waals surface area contributed by atoms with E-state index in [0.29, 0.717) is 49.7 Å². The minimum atomic E-state index is -3.95. The van der Waals surface area contributed by atoms with Crippen LogP contribution in [0.2, 0.25) is 0 Å². The molecule has 1 aromatic carbocycles. The van der Waals surface area contributed by atoms with Crippen LogP contribution in [0, 0.1) is 17.2 Å². The van der Waals surface area contributed by atoms with E-state index in [1.807, 2.05) is 6.08 Å². The first-order chi connectivity index (χ1) is 24.7. The van der Waals surface area contributed by atoms with Gasteiger partial charge in [-0.05, 0) is 57.1 Å². The molecule has 0 bridgehead atoms. The van der Waals surface area contributed by atoms with E-state index < -0.39 is 99.1 Å². The molecule has 6 rings (SSSR count). The maximum Gasteiger partial charge on any atom is 0.410 e. The van der Waals surface area contributed by atoms with E-state index in [1.165, 1.54) is 22.8 Å². The zero-order valence-corrected chi connectivity index (χ0v) is 29.8. The lowest BCUT2D eigenvalue weighted by molar-refractivity contribution is -0.145. The van der Waals surface area contributed by atoms with Crippen LogP contribution in [0.15, 0.2) is 30.4 Å². The summed E-state index contributed by atoms with van der Waals surface area (Å²) in [6.45, 7) is -0.221. The van der Waals surface area contributed by atoms with Gasteiger partial charge in [0.1, 0.15) is 29.5 Å². The topological polar surface area (TPSA) is 212 Å². The van der Waals surface area contributed by atoms with Gasteiger partial charge in [-0.1, -0.05) is 37.1 Å². The number of halogens is 1. The molecule has 5 amide bonds. The number of nitrogens with zero attached hydrogens (tertiary/aromatic N) is 2. The number of carbonyl (C=O) groups is 5. The summed E-state index contributed by atoms with van der Waals surface area (Å²) < 4.78 is 47.8. The number of benzene rings is 1. The zero-order valence-electron chi connectivity index (χ0n) is 29.0. The van der Waals surface area contributed by atoms with Crippen molar-refractivity contribution < 1.29 is 51.7 Å². The standard InChI is InChI=1S/C35H46FN5O10S/c1-34(19-42,20-43)31(46)37-27-11-6-4-2-3-5-9-22-15-35(22,32(47)39-52(49,50)24-12-13-24)38-29(44)28-14-23(17-41(28)30(27)45)51-33(48)40-16-21-8-7-10-26(36)25(21)18-40/h5,7-10,22-24,27-28,42-43H,2-4,6,11-20H2,1H3,(H,37,46)(H,38,44)(H,39,47)/b9-5-/t22-,23-,27+,28?,35-/m1/s1. The van der Waals surface area contributed by atoms with Crippen LogP contribution in [0.5, 0.6) is 0 Å². The van der Waals surface area contributed by atoms with Gasteiger partial charge in [0.2, 0.25) is 27.7 Å². The van der Waals surface area contributed by atoms with Crippen LogP contribution in [0.3, 0.4) is 0 Å². The molecule has 2 saturated carbocycles. The highest BCUT2D eigenvalue weighted by Gasteiger charge is 2.62. The third-order valence-electron chi connectivity index (χ3n) is 10.8. The van der Waals surface area contributed by atoms with Crippen molar-refractivity contribution in [2.75, 3.05) is 19.8 Å². The van der Waals surface area contributed by atoms with Gasteiger partial charge in [0.15, 0.2) is 0 Å². The number of amides is 5. The van der Waals surface area contributed by atoms with Crippen molar-refractivity contribution >= 4 is 39.7 Å². The molecule has 52 heavy (non-hydrogen) atoms. The highest BCUT2D eigenvalue weighted by molar-refractivity contribution is 7.91. The molecule has 5 aliphatic rings. The van der Waals surface area contributed by atoms with Gasteiger partial charge < -0.3 is 30.5 Å². The summed E-state index contributed by atoms with van der Waals surface area (Å²) in [6, 6.07) is 2.08. The Kier molecular flexibility index (Phi) is 10.7. The van der Waals surface area contributed by atoms with Crippen molar-refractivity contribution in [1.82, 2.24) is 25.2 Å². The first kappa shape index (κ1) is 37.7. The van der Waals surface area contributed by atoms with Crippen molar-refractivity contribution in [3.05, 3.63) is 47.3 Å². The molecule has 1 saturated heterocycles. The SMILES string of the molecule is CC(CO)(CO)C(=O)N[C@H]1CCCCC/C=C\[C@@H]2C[C@@]2(C(=O)NS(=O)(=O)C2CC2)NC(=O)C2C[C@@H](OC(=O)N3Cc4cccc(F)c4C3)CN2C1=O. The minimum Gasteiger partial charge on any atom is -0.444 e. The Hall–Kier alpha value is -4.09. The Morgan fingerprint density at radius 3 is 2.54 bits per heavy atom. The first-order valence-electron chi connectivity index (χ1n) is 17.8. The molecule has 0 spiro atoms. The lowest BCUT2D eigenvalue weighted by atomic mass is 9.91. The third-order valence-corrected chi connectivity index (χ3v) is 12.7. The number of allylic oxidation sites excluding steroid dienone is 1. The summed E-state index contributed by atoms with van der Waals surface area (Å²) in [5.74, 6) is -4.04. The fourth-order valence-corrected chi connectivity index (χ4v) is 8.46. The molecule has 0 radical (unpaired) electrons. The summed E-state index contributed by atoms with van der Waals surface area (Å²) in [7, 11) is -3.95. The maximum absolute atomic E-state index is 14.4. The Balaban J connectivity index is 1.26. The molecule has 2 aliphatic carbocycles. The van der Waals surface area contributed by atoms with Gasteiger partial charge >= 0.3 is 6.09 Å². The molecule has 0 aromatic heterocycles. The van der Waals surface area contributed by atoms with Crippen LogP contribution in [0.25, 0.3) is 0 Å². The zero-order chi connectivity index (χ0) is 37.4.